The maximum atomic E-state index is 10.7. The van der Waals surface area contributed by atoms with E-state index in [-0.39, 0.29) is 11.3 Å². The van der Waals surface area contributed by atoms with Crippen LogP contribution in [0.5, 0.6) is 0 Å². The van der Waals surface area contributed by atoms with Gasteiger partial charge in [-0.15, -0.1) is 0 Å². The molecular formula is C14H10BrN3O2. The first-order valence-electron chi connectivity index (χ1n) is 5.73. The summed E-state index contributed by atoms with van der Waals surface area (Å²) in [7, 11) is 0. The summed E-state index contributed by atoms with van der Waals surface area (Å²) >= 11 is 3.43. The smallest absolute Gasteiger partial charge is 0.270 e. The quantitative estimate of drug-likeness (QED) is 0.672. The van der Waals surface area contributed by atoms with E-state index in [4.69, 9.17) is 5.26 Å². The van der Waals surface area contributed by atoms with Crippen molar-refractivity contribution in [2.24, 2.45) is 0 Å². The van der Waals surface area contributed by atoms with Crippen LogP contribution in [-0.4, -0.2) is 4.92 Å². The molecule has 2 aromatic carbocycles. The molecule has 0 radical (unpaired) electrons. The van der Waals surface area contributed by atoms with Crippen LogP contribution in [0, 0.1) is 28.4 Å². The highest BCUT2D eigenvalue weighted by molar-refractivity contribution is 9.10. The first-order chi connectivity index (χ1) is 9.51. The van der Waals surface area contributed by atoms with Crippen LogP contribution >= 0.6 is 15.9 Å². The SMILES string of the molecule is Cc1ccc(Nc2ccc([N+](=O)[O-])cc2C#N)cc1Br. The lowest BCUT2D eigenvalue weighted by molar-refractivity contribution is -0.384. The van der Waals surface area contributed by atoms with E-state index in [1.807, 2.05) is 31.2 Å². The zero-order chi connectivity index (χ0) is 14.7. The van der Waals surface area contributed by atoms with Crippen LogP contribution in [0.2, 0.25) is 0 Å². The normalized spacial score (nSPS) is 9.85. The minimum Gasteiger partial charge on any atom is -0.354 e. The summed E-state index contributed by atoms with van der Waals surface area (Å²) in [5.41, 5.74) is 2.56. The fourth-order valence-corrected chi connectivity index (χ4v) is 2.05. The fraction of sp³-hybridized carbons (Fsp3) is 0.0714. The molecule has 0 saturated heterocycles. The van der Waals surface area contributed by atoms with Gasteiger partial charge in [-0.25, -0.2) is 0 Å². The van der Waals surface area contributed by atoms with Crippen molar-refractivity contribution in [1.82, 2.24) is 0 Å². The van der Waals surface area contributed by atoms with Crippen molar-refractivity contribution in [2.45, 2.75) is 6.92 Å². The molecule has 0 saturated carbocycles. The summed E-state index contributed by atoms with van der Waals surface area (Å²) in [4.78, 5) is 10.2. The molecule has 0 aliphatic rings. The lowest BCUT2D eigenvalue weighted by atomic mass is 10.1. The number of nitro benzene ring substituents is 1. The third-order valence-electron chi connectivity index (χ3n) is 2.79. The van der Waals surface area contributed by atoms with Crippen LogP contribution in [0.3, 0.4) is 0 Å². The number of benzene rings is 2. The fourth-order valence-electron chi connectivity index (χ4n) is 1.67. The van der Waals surface area contributed by atoms with Crippen LogP contribution in [0.15, 0.2) is 40.9 Å². The minimum absolute atomic E-state index is 0.0998. The van der Waals surface area contributed by atoms with Gasteiger partial charge in [-0.3, -0.25) is 10.1 Å². The summed E-state index contributed by atoms with van der Waals surface area (Å²) in [6, 6.07) is 11.8. The van der Waals surface area contributed by atoms with E-state index in [0.717, 1.165) is 15.7 Å². The first kappa shape index (κ1) is 14.0. The Labute approximate surface area is 124 Å². The zero-order valence-electron chi connectivity index (χ0n) is 10.6. The molecule has 0 aromatic heterocycles. The van der Waals surface area contributed by atoms with Crippen LogP contribution in [-0.2, 0) is 0 Å². The Hall–Kier alpha value is -2.39. The van der Waals surface area contributed by atoms with E-state index in [9.17, 15) is 10.1 Å². The number of non-ortho nitro benzene ring substituents is 1. The number of aryl methyl sites for hydroxylation is 1. The van der Waals surface area contributed by atoms with Crippen molar-refractivity contribution in [3.63, 3.8) is 0 Å². The van der Waals surface area contributed by atoms with Gasteiger partial charge in [0, 0.05) is 22.3 Å². The predicted molar refractivity (Wildman–Crippen MR) is 80.0 cm³/mol. The molecular weight excluding hydrogens is 322 g/mol. The average Bonchev–Trinajstić information content (AvgIpc) is 2.43. The molecule has 0 spiro atoms. The molecule has 0 fully saturated rings. The predicted octanol–water partition coefficient (Wildman–Crippen LogP) is 4.28. The van der Waals surface area contributed by atoms with Gasteiger partial charge in [-0.2, -0.15) is 5.26 Å². The minimum atomic E-state index is -0.521. The van der Waals surface area contributed by atoms with Crippen LogP contribution in [0.1, 0.15) is 11.1 Å². The highest BCUT2D eigenvalue weighted by Gasteiger charge is 2.11. The van der Waals surface area contributed by atoms with Gasteiger partial charge in [0.2, 0.25) is 0 Å². The standard InChI is InChI=1S/C14H10BrN3O2/c1-9-2-3-11(7-13(9)15)17-14-5-4-12(18(19)20)6-10(14)8-16/h2-7,17H,1H3. The number of halogens is 1. The van der Waals surface area contributed by atoms with Crippen molar-refractivity contribution >= 4 is 33.0 Å². The Bertz CT molecular complexity index is 723. The summed E-state index contributed by atoms with van der Waals surface area (Å²) in [6.45, 7) is 1.97. The molecule has 20 heavy (non-hydrogen) atoms. The Morgan fingerprint density at radius 1 is 1.30 bits per heavy atom. The van der Waals surface area contributed by atoms with Crippen molar-refractivity contribution in [2.75, 3.05) is 5.32 Å². The topological polar surface area (TPSA) is 79.0 Å². The van der Waals surface area contributed by atoms with Gasteiger partial charge in [0.25, 0.3) is 5.69 Å². The Kier molecular flexibility index (Phi) is 4.01. The van der Waals surface area contributed by atoms with E-state index < -0.39 is 4.92 Å². The molecule has 1 N–H and O–H groups in total. The molecule has 6 heteroatoms. The van der Waals surface area contributed by atoms with Crippen molar-refractivity contribution in [3.05, 3.63) is 62.1 Å². The molecule has 0 unspecified atom stereocenters. The molecule has 2 aromatic rings. The van der Waals surface area contributed by atoms with Gasteiger partial charge in [0.15, 0.2) is 0 Å². The van der Waals surface area contributed by atoms with Gasteiger partial charge in [0.1, 0.15) is 6.07 Å². The van der Waals surface area contributed by atoms with Gasteiger partial charge >= 0.3 is 0 Å². The third-order valence-corrected chi connectivity index (χ3v) is 3.64. The number of nitriles is 1. The van der Waals surface area contributed by atoms with Crippen LogP contribution in [0.4, 0.5) is 17.1 Å². The summed E-state index contributed by atoms with van der Waals surface area (Å²) < 4.78 is 0.947. The second-order valence-corrected chi connectivity index (χ2v) is 5.04. The number of hydrogen-bond acceptors (Lipinski definition) is 4. The summed E-state index contributed by atoms with van der Waals surface area (Å²) in [5.74, 6) is 0. The van der Waals surface area contributed by atoms with Crippen molar-refractivity contribution in [3.8, 4) is 6.07 Å². The molecule has 100 valence electrons. The van der Waals surface area contributed by atoms with Crippen molar-refractivity contribution in [1.29, 1.82) is 5.26 Å². The third kappa shape index (κ3) is 2.95. The Morgan fingerprint density at radius 2 is 2.05 bits per heavy atom. The monoisotopic (exact) mass is 331 g/mol. The molecule has 0 amide bonds. The largest absolute Gasteiger partial charge is 0.354 e. The second kappa shape index (κ2) is 5.72. The molecule has 0 bridgehead atoms. The number of anilines is 2. The summed E-state index contributed by atoms with van der Waals surface area (Å²) in [5, 5.41) is 22.9. The average molecular weight is 332 g/mol. The maximum Gasteiger partial charge on any atom is 0.270 e. The second-order valence-electron chi connectivity index (χ2n) is 4.19. The number of hydrogen-bond donors (Lipinski definition) is 1. The lowest BCUT2D eigenvalue weighted by Gasteiger charge is -2.09. The summed E-state index contributed by atoms with van der Waals surface area (Å²) in [6.07, 6.45) is 0. The number of nitro groups is 1. The lowest BCUT2D eigenvalue weighted by Crippen LogP contribution is -1.96. The number of rotatable bonds is 3. The van der Waals surface area contributed by atoms with Crippen LogP contribution < -0.4 is 5.32 Å². The Morgan fingerprint density at radius 3 is 2.65 bits per heavy atom. The molecule has 0 aliphatic carbocycles. The molecule has 5 nitrogen and oxygen atoms in total. The first-order valence-corrected chi connectivity index (χ1v) is 6.52. The van der Waals surface area contributed by atoms with Gasteiger partial charge in [0.05, 0.1) is 16.2 Å². The van der Waals surface area contributed by atoms with Gasteiger partial charge in [-0.1, -0.05) is 22.0 Å². The van der Waals surface area contributed by atoms with E-state index in [2.05, 4.69) is 21.2 Å². The molecule has 0 aliphatic heterocycles. The Balaban J connectivity index is 2.36. The zero-order valence-corrected chi connectivity index (χ0v) is 12.1. The number of nitrogens with one attached hydrogen (secondary N) is 1. The highest BCUT2D eigenvalue weighted by Crippen LogP contribution is 2.27. The van der Waals surface area contributed by atoms with Crippen molar-refractivity contribution < 1.29 is 4.92 Å². The van der Waals surface area contributed by atoms with E-state index in [0.29, 0.717) is 5.69 Å². The van der Waals surface area contributed by atoms with E-state index in [1.165, 1.54) is 18.2 Å². The number of nitrogens with zero attached hydrogens (tertiary/aromatic N) is 2. The molecule has 0 heterocycles. The highest BCUT2D eigenvalue weighted by atomic mass is 79.9. The maximum absolute atomic E-state index is 10.7. The van der Waals surface area contributed by atoms with Gasteiger partial charge < -0.3 is 5.32 Å². The van der Waals surface area contributed by atoms with Gasteiger partial charge in [-0.05, 0) is 30.7 Å². The molecule has 2 rings (SSSR count). The van der Waals surface area contributed by atoms with E-state index in [1.54, 1.807) is 0 Å². The van der Waals surface area contributed by atoms with E-state index >= 15 is 0 Å². The van der Waals surface area contributed by atoms with Crippen LogP contribution in [0.25, 0.3) is 0 Å². The molecule has 0 atom stereocenters.